The molecule has 0 aliphatic heterocycles. The van der Waals surface area contributed by atoms with Gasteiger partial charge in [-0.05, 0) is 55.8 Å². The molecular formula is C21H21BrClN3O2. The molecule has 0 saturated carbocycles. The Morgan fingerprint density at radius 3 is 2.64 bits per heavy atom. The number of aromatic nitrogens is 2. The Kier molecular flexibility index (Phi) is 6.75. The van der Waals surface area contributed by atoms with Crippen LogP contribution in [0.3, 0.4) is 0 Å². The summed E-state index contributed by atoms with van der Waals surface area (Å²) in [6.07, 6.45) is 1.91. The molecule has 1 amide bonds. The molecule has 0 bridgehead atoms. The molecule has 2 aromatic carbocycles. The number of carbonyl (C=O) groups is 1. The number of ether oxygens (including phenoxy) is 1. The molecule has 5 nitrogen and oxygen atoms in total. The van der Waals surface area contributed by atoms with Crippen molar-refractivity contribution in [3.05, 3.63) is 81.0 Å². The summed E-state index contributed by atoms with van der Waals surface area (Å²) >= 11 is 9.53. The zero-order valence-electron chi connectivity index (χ0n) is 15.7. The van der Waals surface area contributed by atoms with Crippen LogP contribution in [0.4, 0.5) is 0 Å². The van der Waals surface area contributed by atoms with E-state index in [2.05, 4.69) is 26.3 Å². The molecule has 1 aromatic heterocycles. The Morgan fingerprint density at radius 1 is 1.25 bits per heavy atom. The van der Waals surface area contributed by atoms with E-state index in [9.17, 15) is 4.79 Å². The average molecular weight is 463 g/mol. The number of hydrogen-bond acceptors (Lipinski definition) is 3. The number of rotatable bonds is 7. The summed E-state index contributed by atoms with van der Waals surface area (Å²) in [6.45, 7) is 5.12. The summed E-state index contributed by atoms with van der Waals surface area (Å²) in [5, 5.41) is 7.95. The summed E-state index contributed by atoms with van der Waals surface area (Å²) < 4.78 is 8.49. The number of aryl methyl sites for hydroxylation is 1. The molecule has 0 saturated heterocycles. The second-order valence-electron chi connectivity index (χ2n) is 6.35. The molecule has 1 N–H and O–H groups in total. The molecule has 1 unspecified atom stereocenters. The van der Waals surface area contributed by atoms with E-state index in [0.717, 1.165) is 22.3 Å². The van der Waals surface area contributed by atoms with Gasteiger partial charge in [-0.3, -0.25) is 9.48 Å². The summed E-state index contributed by atoms with van der Waals surface area (Å²) in [5.74, 6) is 0.481. The highest BCUT2D eigenvalue weighted by Crippen LogP contribution is 2.28. The van der Waals surface area contributed by atoms with Crippen molar-refractivity contribution in [2.45, 2.75) is 33.0 Å². The number of halogens is 2. The first-order valence-corrected chi connectivity index (χ1v) is 10.1. The Bertz CT molecular complexity index is 957. The third-order valence-electron chi connectivity index (χ3n) is 4.28. The van der Waals surface area contributed by atoms with Gasteiger partial charge in [-0.25, -0.2) is 0 Å². The number of amides is 1. The van der Waals surface area contributed by atoms with E-state index in [4.69, 9.17) is 16.3 Å². The van der Waals surface area contributed by atoms with Gasteiger partial charge in [-0.2, -0.15) is 5.10 Å². The Morgan fingerprint density at radius 2 is 2.00 bits per heavy atom. The molecule has 0 fully saturated rings. The van der Waals surface area contributed by atoms with Gasteiger partial charge in [0.25, 0.3) is 5.91 Å². The molecule has 1 heterocycles. The topological polar surface area (TPSA) is 56.2 Å². The van der Waals surface area contributed by atoms with Crippen molar-refractivity contribution in [1.82, 2.24) is 15.1 Å². The SMILES string of the molecule is CCn1ccc(C(C)NC(=O)c2ccc(COc3ccc(Br)cc3Cl)cc2)n1. The maximum Gasteiger partial charge on any atom is 0.251 e. The second kappa shape index (κ2) is 9.26. The quantitative estimate of drug-likeness (QED) is 0.512. The molecule has 7 heteroatoms. The predicted octanol–water partition coefficient (Wildman–Crippen LogP) is 5.39. The number of nitrogens with zero attached hydrogens (tertiary/aromatic N) is 2. The van der Waals surface area contributed by atoms with E-state index in [1.54, 1.807) is 18.2 Å². The van der Waals surface area contributed by atoms with Crippen LogP contribution in [0.5, 0.6) is 5.75 Å². The third kappa shape index (κ3) is 5.14. The minimum atomic E-state index is -0.164. The molecule has 146 valence electrons. The fourth-order valence-corrected chi connectivity index (χ4v) is 3.37. The van der Waals surface area contributed by atoms with Crippen LogP contribution in [0.25, 0.3) is 0 Å². The molecular weight excluding hydrogens is 442 g/mol. The zero-order valence-corrected chi connectivity index (χ0v) is 18.0. The largest absolute Gasteiger partial charge is 0.487 e. The van der Waals surface area contributed by atoms with E-state index in [-0.39, 0.29) is 11.9 Å². The van der Waals surface area contributed by atoms with Gasteiger partial charge in [0, 0.05) is 22.8 Å². The molecule has 0 aliphatic carbocycles. The summed E-state index contributed by atoms with van der Waals surface area (Å²) in [5.41, 5.74) is 2.38. The van der Waals surface area contributed by atoms with E-state index in [1.165, 1.54) is 0 Å². The fourth-order valence-electron chi connectivity index (χ4n) is 2.64. The molecule has 1 atom stereocenters. The number of hydrogen-bond donors (Lipinski definition) is 1. The van der Waals surface area contributed by atoms with Crippen LogP contribution < -0.4 is 10.1 Å². The molecule has 0 aliphatic rings. The lowest BCUT2D eigenvalue weighted by Crippen LogP contribution is -2.27. The van der Waals surface area contributed by atoms with Crippen molar-refractivity contribution in [3.8, 4) is 5.75 Å². The lowest BCUT2D eigenvalue weighted by Gasteiger charge is -2.12. The van der Waals surface area contributed by atoms with Crippen LogP contribution >= 0.6 is 27.5 Å². The van der Waals surface area contributed by atoms with Gasteiger partial charge < -0.3 is 10.1 Å². The highest BCUT2D eigenvalue weighted by Gasteiger charge is 2.13. The first kappa shape index (κ1) is 20.4. The van der Waals surface area contributed by atoms with Gasteiger partial charge in [0.05, 0.1) is 16.8 Å². The van der Waals surface area contributed by atoms with E-state index in [1.807, 2.05) is 55.1 Å². The second-order valence-corrected chi connectivity index (χ2v) is 7.67. The highest BCUT2D eigenvalue weighted by molar-refractivity contribution is 9.10. The molecule has 3 aromatic rings. The first-order chi connectivity index (χ1) is 13.5. The average Bonchev–Trinajstić information content (AvgIpc) is 3.17. The van der Waals surface area contributed by atoms with Gasteiger partial charge in [-0.15, -0.1) is 0 Å². The number of nitrogens with one attached hydrogen (secondary N) is 1. The van der Waals surface area contributed by atoms with Gasteiger partial charge >= 0.3 is 0 Å². The number of benzene rings is 2. The molecule has 0 radical (unpaired) electrons. The van der Waals surface area contributed by atoms with E-state index >= 15 is 0 Å². The lowest BCUT2D eigenvalue weighted by molar-refractivity contribution is 0.0939. The summed E-state index contributed by atoms with van der Waals surface area (Å²) in [6, 6.07) is 14.5. The Balaban J connectivity index is 1.57. The maximum atomic E-state index is 12.5. The van der Waals surface area contributed by atoms with Gasteiger partial charge in [0.15, 0.2) is 0 Å². The van der Waals surface area contributed by atoms with Gasteiger partial charge in [-0.1, -0.05) is 39.7 Å². The summed E-state index contributed by atoms with van der Waals surface area (Å²) in [7, 11) is 0. The molecule has 0 spiro atoms. The van der Waals surface area contributed by atoms with Crippen molar-refractivity contribution in [1.29, 1.82) is 0 Å². The zero-order chi connectivity index (χ0) is 20.1. The smallest absolute Gasteiger partial charge is 0.251 e. The maximum absolute atomic E-state index is 12.5. The van der Waals surface area contributed by atoms with Crippen LogP contribution in [0.15, 0.2) is 59.2 Å². The van der Waals surface area contributed by atoms with Crippen molar-refractivity contribution in [3.63, 3.8) is 0 Å². The van der Waals surface area contributed by atoms with E-state index < -0.39 is 0 Å². The highest BCUT2D eigenvalue weighted by atomic mass is 79.9. The lowest BCUT2D eigenvalue weighted by atomic mass is 10.1. The third-order valence-corrected chi connectivity index (χ3v) is 5.07. The minimum absolute atomic E-state index is 0.137. The van der Waals surface area contributed by atoms with Crippen LogP contribution in [-0.2, 0) is 13.2 Å². The predicted molar refractivity (Wildman–Crippen MR) is 114 cm³/mol. The normalized spacial score (nSPS) is 11.9. The van der Waals surface area contributed by atoms with Crippen LogP contribution in [0.1, 0.15) is 41.5 Å². The standard InChI is InChI=1S/C21H21BrClN3O2/c1-3-26-11-10-19(25-26)14(2)24-21(27)16-6-4-15(5-7-16)13-28-20-9-8-17(22)12-18(20)23/h4-12,14H,3,13H2,1-2H3,(H,24,27). The summed E-state index contributed by atoms with van der Waals surface area (Å²) in [4.78, 5) is 12.5. The first-order valence-electron chi connectivity index (χ1n) is 8.97. The minimum Gasteiger partial charge on any atom is -0.487 e. The van der Waals surface area contributed by atoms with Crippen molar-refractivity contribution < 1.29 is 9.53 Å². The van der Waals surface area contributed by atoms with Crippen LogP contribution in [0, 0.1) is 0 Å². The monoisotopic (exact) mass is 461 g/mol. The van der Waals surface area contributed by atoms with Crippen molar-refractivity contribution >= 4 is 33.4 Å². The van der Waals surface area contributed by atoms with Gasteiger partial charge in [0.1, 0.15) is 12.4 Å². The van der Waals surface area contributed by atoms with Crippen LogP contribution in [0.2, 0.25) is 5.02 Å². The van der Waals surface area contributed by atoms with Gasteiger partial charge in [0.2, 0.25) is 0 Å². The van der Waals surface area contributed by atoms with E-state index in [0.29, 0.717) is 22.9 Å². The van der Waals surface area contributed by atoms with Crippen molar-refractivity contribution in [2.75, 3.05) is 0 Å². The molecule has 28 heavy (non-hydrogen) atoms. The number of carbonyl (C=O) groups excluding carboxylic acids is 1. The molecule has 3 rings (SSSR count). The fraction of sp³-hybridized carbons (Fsp3) is 0.238. The Labute approximate surface area is 177 Å². The van der Waals surface area contributed by atoms with Crippen molar-refractivity contribution in [2.24, 2.45) is 0 Å². The van der Waals surface area contributed by atoms with Crippen LogP contribution in [-0.4, -0.2) is 15.7 Å². The Hall–Kier alpha value is -2.31.